The molecule has 0 aromatic heterocycles. The number of halogens is 1. The maximum absolute atomic E-state index is 13.2. The molecule has 0 saturated heterocycles. The largest absolute Gasteiger partial charge is 0.465 e. The van der Waals surface area contributed by atoms with Crippen molar-refractivity contribution < 1.29 is 13.9 Å². The van der Waals surface area contributed by atoms with Gasteiger partial charge in [-0.15, -0.1) is 0 Å². The number of methoxy groups -OCH3 is 1. The SMILES string of the molecule is CCC(C)C(C)Nc1ccc(F)cc1C(=O)OC. The van der Waals surface area contributed by atoms with E-state index in [0.717, 1.165) is 6.42 Å². The van der Waals surface area contributed by atoms with Crippen LogP contribution in [0.4, 0.5) is 10.1 Å². The van der Waals surface area contributed by atoms with Gasteiger partial charge in [-0.3, -0.25) is 0 Å². The maximum atomic E-state index is 13.2. The molecular weight excluding hydrogens is 233 g/mol. The number of anilines is 1. The van der Waals surface area contributed by atoms with Gasteiger partial charge in [-0.1, -0.05) is 20.3 Å². The van der Waals surface area contributed by atoms with Crippen LogP contribution in [0.1, 0.15) is 37.6 Å². The van der Waals surface area contributed by atoms with Gasteiger partial charge in [-0.05, 0) is 31.0 Å². The molecule has 0 aliphatic heterocycles. The zero-order valence-electron chi connectivity index (χ0n) is 11.3. The van der Waals surface area contributed by atoms with E-state index in [1.54, 1.807) is 6.07 Å². The molecule has 4 heteroatoms. The first-order valence-electron chi connectivity index (χ1n) is 6.14. The smallest absolute Gasteiger partial charge is 0.340 e. The number of carbonyl (C=O) groups excluding carboxylic acids is 1. The van der Waals surface area contributed by atoms with Crippen molar-refractivity contribution in [3.63, 3.8) is 0 Å². The van der Waals surface area contributed by atoms with Crippen molar-refractivity contribution in [3.8, 4) is 0 Å². The second-order valence-corrected chi connectivity index (χ2v) is 4.50. The Morgan fingerprint density at radius 1 is 1.44 bits per heavy atom. The van der Waals surface area contributed by atoms with Crippen LogP contribution in [0.25, 0.3) is 0 Å². The Morgan fingerprint density at radius 3 is 2.67 bits per heavy atom. The van der Waals surface area contributed by atoms with E-state index in [2.05, 4.69) is 23.9 Å². The highest BCUT2D eigenvalue weighted by molar-refractivity contribution is 5.95. The zero-order valence-corrected chi connectivity index (χ0v) is 11.3. The minimum Gasteiger partial charge on any atom is -0.465 e. The summed E-state index contributed by atoms with van der Waals surface area (Å²) >= 11 is 0. The number of hydrogen-bond donors (Lipinski definition) is 1. The van der Waals surface area contributed by atoms with Crippen molar-refractivity contribution in [2.45, 2.75) is 33.2 Å². The third-order valence-corrected chi connectivity index (χ3v) is 3.27. The van der Waals surface area contributed by atoms with Crippen LogP contribution in [0.3, 0.4) is 0 Å². The summed E-state index contributed by atoms with van der Waals surface area (Å²) in [6, 6.07) is 4.29. The van der Waals surface area contributed by atoms with Crippen molar-refractivity contribution in [1.29, 1.82) is 0 Å². The van der Waals surface area contributed by atoms with Gasteiger partial charge in [0.2, 0.25) is 0 Å². The molecule has 1 N–H and O–H groups in total. The van der Waals surface area contributed by atoms with Crippen molar-refractivity contribution in [1.82, 2.24) is 0 Å². The van der Waals surface area contributed by atoms with E-state index in [4.69, 9.17) is 0 Å². The fraction of sp³-hybridized carbons (Fsp3) is 0.500. The fourth-order valence-electron chi connectivity index (χ4n) is 1.66. The normalized spacial score (nSPS) is 13.8. The third kappa shape index (κ3) is 3.45. The van der Waals surface area contributed by atoms with Crippen molar-refractivity contribution in [2.75, 3.05) is 12.4 Å². The Bertz CT molecular complexity index is 420. The number of benzene rings is 1. The standard InChI is InChI=1S/C14H20FNO2/c1-5-9(2)10(3)16-13-7-6-11(15)8-12(13)14(17)18-4/h6-10,16H,5H2,1-4H3. The summed E-state index contributed by atoms with van der Waals surface area (Å²) in [4.78, 5) is 11.6. The number of carbonyl (C=O) groups is 1. The Labute approximate surface area is 107 Å². The molecule has 1 aromatic rings. The van der Waals surface area contributed by atoms with Gasteiger partial charge in [0.15, 0.2) is 0 Å². The van der Waals surface area contributed by atoms with Crippen LogP contribution < -0.4 is 5.32 Å². The number of ether oxygens (including phenoxy) is 1. The van der Waals surface area contributed by atoms with E-state index in [0.29, 0.717) is 11.6 Å². The summed E-state index contributed by atoms with van der Waals surface area (Å²) in [6.07, 6.45) is 1.03. The lowest BCUT2D eigenvalue weighted by Gasteiger charge is -2.22. The second kappa shape index (κ2) is 6.38. The molecule has 0 saturated carbocycles. The minimum atomic E-state index is -0.534. The minimum absolute atomic E-state index is 0.198. The van der Waals surface area contributed by atoms with E-state index in [1.807, 2.05) is 6.92 Å². The van der Waals surface area contributed by atoms with Crippen LogP contribution in [0.5, 0.6) is 0 Å². The summed E-state index contributed by atoms with van der Waals surface area (Å²) in [5.74, 6) is -0.522. The molecule has 0 amide bonds. The number of esters is 1. The van der Waals surface area contributed by atoms with Gasteiger partial charge in [-0.25, -0.2) is 9.18 Å². The van der Waals surface area contributed by atoms with E-state index < -0.39 is 11.8 Å². The van der Waals surface area contributed by atoms with Gasteiger partial charge in [0.25, 0.3) is 0 Å². The number of rotatable bonds is 5. The molecule has 0 radical (unpaired) electrons. The van der Waals surface area contributed by atoms with Crippen molar-refractivity contribution in [3.05, 3.63) is 29.6 Å². The van der Waals surface area contributed by atoms with Crippen LogP contribution in [-0.4, -0.2) is 19.1 Å². The van der Waals surface area contributed by atoms with Crippen molar-refractivity contribution >= 4 is 11.7 Å². The molecule has 100 valence electrons. The lowest BCUT2D eigenvalue weighted by Crippen LogP contribution is -2.24. The van der Waals surface area contributed by atoms with Gasteiger partial charge in [-0.2, -0.15) is 0 Å². The molecule has 1 aromatic carbocycles. The van der Waals surface area contributed by atoms with E-state index in [9.17, 15) is 9.18 Å². The predicted molar refractivity (Wildman–Crippen MR) is 70.3 cm³/mol. The Hall–Kier alpha value is -1.58. The molecule has 0 aliphatic rings. The molecule has 2 atom stereocenters. The maximum Gasteiger partial charge on any atom is 0.340 e. The average Bonchev–Trinajstić information content (AvgIpc) is 2.38. The molecule has 0 aliphatic carbocycles. The highest BCUT2D eigenvalue weighted by Gasteiger charge is 2.16. The van der Waals surface area contributed by atoms with Crippen LogP contribution in [0, 0.1) is 11.7 Å². The molecule has 0 bridgehead atoms. The Kier molecular flexibility index (Phi) is 5.13. The molecule has 0 heterocycles. The van der Waals surface area contributed by atoms with Crippen LogP contribution in [0.2, 0.25) is 0 Å². The quantitative estimate of drug-likeness (QED) is 0.817. The fourth-order valence-corrected chi connectivity index (χ4v) is 1.66. The summed E-state index contributed by atoms with van der Waals surface area (Å²) in [5, 5.41) is 3.24. The average molecular weight is 253 g/mol. The Balaban J connectivity index is 2.98. The lowest BCUT2D eigenvalue weighted by atomic mass is 10.00. The molecule has 3 nitrogen and oxygen atoms in total. The number of hydrogen-bond acceptors (Lipinski definition) is 3. The zero-order chi connectivity index (χ0) is 13.7. The summed E-state index contributed by atoms with van der Waals surface area (Å²) < 4.78 is 17.8. The van der Waals surface area contributed by atoms with E-state index >= 15 is 0 Å². The first kappa shape index (κ1) is 14.5. The second-order valence-electron chi connectivity index (χ2n) is 4.50. The molecule has 0 spiro atoms. The van der Waals surface area contributed by atoms with Gasteiger partial charge in [0.05, 0.1) is 12.7 Å². The molecule has 1 rings (SSSR count). The van der Waals surface area contributed by atoms with E-state index in [-0.39, 0.29) is 11.6 Å². The van der Waals surface area contributed by atoms with E-state index in [1.165, 1.54) is 19.2 Å². The topological polar surface area (TPSA) is 38.3 Å². The van der Waals surface area contributed by atoms with Gasteiger partial charge >= 0.3 is 5.97 Å². The Morgan fingerprint density at radius 2 is 2.11 bits per heavy atom. The third-order valence-electron chi connectivity index (χ3n) is 3.27. The highest BCUT2D eigenvalue weighted by atomic mass is 19.1. The predicted octanol–water partition coefficient (Wildman–Crippen LogP) is 3.46. The molecular formula is C14H20FNO2. The van der Waals surface area contributed by atoms with Gasteiger partial charge < -0.3 is 10.1 Å². The van der Waals surface area contributed by atoms with Crippen LogP contribution in [-0.2, 0) is 4.74 Å². The first-order chi connectivity index (χ1) is 8.49. The monoisotopic (exact) mass is 253 g/mol. The molecule has 0 fully saturated rings. The molecule has 2 unspecified atom stereocenters. The van der Waals surface area contributed by atoms with Crippen molar-refractivity contribution in [2.24, 2.45) is 5.92 Å². The summed E-state index contributed by atoms with van der Waals surface area (Å²) in [6.45, 7) is 6.27. The molecule has 18 heavy (non-hydrogen) atoms. The number of nitrogens with one attached hydrogen (secondary N) is 1. The first-order valence-corrected chi connectivity index (χ1v) is 6.14. The van der Waals surface area contributed by atoms with Gasteiger partial charge in [0.1, 0.15) is 5.82 Å². The summed E-state index contributed by atoms with van der Waals surface area (Å²) in [5.41, 5.74) is 0.837. The summed E-state index contributed by atoms with van der Waals surface area (Å²) in [7, 11) is 1.29. The van der Waals surface area contributed by atoms with Crippen LogP contribution in [0.15, 0.2) is 18.2 Å². The highest BCUT2D eigenvalue weighted by Crippen LogP contribution is 2.21. The van der Waals surface area contributed by atoms with Crippen LogP contribution >= 0.6 is 0 Å². The lowest BCUT2D eigenvalue weighted by molar-refractivity contribution is 0.0601. The van der Waals surface area contributed by atoms with Gasteiger partial charge in [0, 0.05) is 11.7 Å².